The molecule has 1 atom stereocenters. The summed E-state index contributed by atoms with van der Waals surface area (Å²) in [5, 5.41) is 8.12. The van der Waals surface area contributed by atoms with E-state index in [9.17, 15) is 18.4 Å². The minimum absolute atomic E-state index is 0.0728. The Morgan fingerprint density at radius 3 is 2.23 bits per heavy atom. The summed E-state index contributed by atoms with van der Waals surface area (Å²) in [7, 11) is -4.15. The third kappa shape index (κ3) is 3.59. The second-order valence-electron chi connectivity index (χ2n) is 5.01. The van der Waals surface area contributed by atoms with Crippen molar-refractivity contribution in [3.63, 3.8) is 0 Å². The number of sulfone groups is 1. The first-order valence-electron chi connectivity index (χ1n) is 6.74. The molecule has 2 aromatic carbocycles. The Morgan fingerprint density at radius 1 is 1.09 bits per heavy atom. The standard InChI is InChI=1S/C16H17NO4S/c1-12-7-9-14(10-8-12)22(20,21)16(18)15(17-19)11-13-5-3-2-4-6-13/h2-10,15,17,19H,11H2,1H3/t15-/m0/s1. The van der Waals surface area contributed by atoms with Crippen LogP contribution in [-0.4, -0.2) is 24.8 Å². The van der Waals surface area contributed by atoms with Crippen molar-refractivity contribution in [1.82, 2.24) is 5.48 Å². The zero-order valence-electron chi connectivity index (χ0n) is 12.1. The average Bonchev–Trinajstić information content (AvgIpc) is 2.53. The first-order chi connectivity index (χ1) is 10.4. The number of hydrogen-bond acceptors (Lipinski definition) is 5. The molecule has 22 heavy (non-hydrogen) atoms. The first-order valence-corrected chi connectivity index (χ1v) is 8.22. The maximum absolute atomic E-state index is 12.3. The molecule has 0 amide bonds. The quantitative estimate of drug-likeness (QED) is 0.822. The fourth-order valence-corrected chi connectivity index (χ4v) is 3.29. The molecule has 0 saturated heterocycles. The van der Waals surface area contributed by atoms with Gasteiger partial charge in [0.1, 0.15) is 6.04 Å². The van der Waals surface area contributed by atoms with Crippen LogP contribution in [0.15, 0.2) is 59.5 Å². The number of carbonyl (C=O) groups excluding carboxylic acids is 1. The van der Waals surface area contributed by atoms with Gasteiger partial charge < -0.3 is 5.21 Å². The van der Waals surface area contributed by atoms with Crippen LogP contribution in [0.3, 0.4) is 0 Å². The van der Waals surface area contributed by atoms with E-state index in [1.165, 1.54) is 12.1 Å². The van der Waals surface area contributed by atoms with E-state index in [0.717, 1.165) is 11.1 Å². The van der Waals surface area contributed by atoms with Crippen molar-refractivity contribution < 1.29 is 18.4 Å². The van der Waals surface area contributed by atoms with Gasteiger partial charge in [-0.05, 0) is 31.0 Å². The Labute approximate surface area is 129 Å². The van der Waals surface area contributed by atoms with Gasteiger partial charge in [-0.2, -0.15) is 5.48 Å². The van der Waals surface area contributed by atoms with Crippen LogP contribution < -0.4 is 5.48 Å². The van der Waals surface area contributed by atoms with Gasteiger partial charge in [-0.3, -0.25) is 4.79 Å². The Morgan fingerprint density at radius 2 is 1.68 bits per heavy atom. The normalized spacial score (nSPS) is 12.8. The smallest absolute Gasteiger partial charge is 0.270 e. The number of nitrogens with one attached hydrogen (secondary N) is 1. The van der Waals surface area contributed by atoms with Crippen molar-refractivity contribution >= 4 is 15.0 Å². The Hall–Kier alpha value is -2.02. The van der Waals surface area contributed by atoms with E-state index in [-0.39, 0.29) is 11.3 Å². The number of rotatable bonds is 5. The van der Waals surface area contributed by atoms with Crippen LogP contribution >= 0.6 is 0 Å². The topological polar surface area (TPSA) is 83.5 Å². The summed E-state index contributed by atoms with van der Waals surface area (Å²) < 4.78 is 24.7. The summed E-state index contributed by atoms with van der Waals surface area (Å²) in [5.41, 5.74) is 3.46. The molecule has 5 nitrogen and oxygen atoms in total. The van der Waals surface area contributed by atoms with E-state index < -0.39 is 21.0 Å². The number of carbonyl (C=O) groups is 1. The molecule has 2 rings (SSSR count). The van der Waals surface area contributed by atoms with E-state index in [0.29, 0.717) is 0 Å². The van der Waals surface area contributed by atoms with Crippen molar-refractivity contribution in [2.75, 3.05) is 0 Å². The fraction of sp³-hybridized carbons (Fsp3) is 0.188. The van der Waals surface area contributed by atoms with Crippen LogP contribution in [0.5, 0.6) is 0 Å². The monoisotopic (exact) mass is 319 g/mol. The third-order valence-corrected chi connectivity index (χ3v) is 5.03. The molecule has 2 aromatic rings. The summed E-state index contributed by atoms with van der Waals surface area (Å²) in [6.45, 7) is 1.83. The molecule has 2 N–H and O–H groups in total. The summed E-state index contributed by atoms with van der Waals surface area (Å²) in [6.07, 6.45) is 0.0846. The second kappa shape index (κ2) is 6.83. The van der Waals surface area contributed by atoms with Gasteiger partial charge in [0.15, 0.2) is 0 Å². The van der Waals surface area contributed by atoms with Crippen LogP contribution in [0.1, 0.15) is 11.1 Å². The van der Waals surface area contributed by atoms with Gasteiger partial charge in [-0.25, -0.2) is 8.42 Å². The number of aryl methyl sites for hydroxylation is 1. The molecule has 6 heteroatoms. The lowest BCUT2D eigenvalue weighted by Crippen LogP contribution is -2.40. The molecule has 0 aliphatic carbocycles. The fourth-order valence-electron chi connectivity index (χ4n) is 2.05. The van der Waals surface area contributed by atoms with Crippen LogP contribution in [-0.2, 0) is 21.1 Å². The van der Waals surface area contributed by atoms with Crippen molar-refractivity contribution in [3.05, 3.63) is 65.7 Å². The predicted molar refractivity (Wildman–Crippen MR) is 82.2 cm³/mol. The van der Waals surface area contributed by atoms with Crippen molar-refractivity contribution in [3.8, 4) is 0 Å². The summed E-state index contributed by atoms with van der Waals surface area (Å²) >= 11 is 0. The van der Waals surface area contributed by atoms with Gasteiger partial charge in [0.2, 0.25) is 9.84 Å². The predicted octanol–water partition coefficient (Wildman–Crippen LogP) is 1.89. The summed E-state index contributed by atoms with van der Waals surface area (Å²) in [4.78, 5) is 12.2. The molecule has 0 heterocycles. The average molecular weight is 319 g/mol. The summed E-state index contributed by atoms with van der Waals surface area (Å²) in [6, 6.07) is 13.7. The summed E-state index contributed by atoms with van der Waals surface area (Å²) in [5.74, 6) is 0. The SMILES string of the molecule is Cc1ccc(S(=O)(=O)C(=O)[C@H](Cc2ccccc2)NO)cc1. The molecule has 0 fully saturated rings. The molecule has 0 unspecified atom stereocenters. The van der Waals surface area contributed by atoms with Crippen molar-refractivity contribution in [2.45, 2.75) is 24.3 Å². The number of hydrogen-bond donors (Lipinski definition) is 2. The van der Waals surface area contributed by atoms with Gasteiger partial charge in [0.25, 0.3) is 5.12 Å². The maximum Gasteiger partial charge on any atom is 0.270 e. The zero-order chi connectivity index (χ0) is 16.2. The molecule has 0 spiro atoms. The first kappa shape index (κ1) is 16.4. The van der Waals surface area contributed by atoms with Crippen LogP contribution in [0, 0.1) is 6.92 Å². The van der Waals surface area contributed by atoms with Crippen LogP contribution in [0.2, 0.25) is 0 Å². The molecule has 0 saturated carbocycles. The largest absolute Gasteiger partial charge is 0.316 e. The molecule has 0 aromatic heterocycles. The molecule has 0 aliphatic rings. The lowest BCUT2D eigenvalue weighted by molar-refractivity contribution is -0.115. The van der Waals surface area contributed by atoms with Gasteiger partial charge >= 0.3 is 0 Å². The van der Waals surface area contributed by atoms with E-state index >= 15 is 0 Å². The molecule has 0 bridgehead atoms. The Kier molecular flexibility index (Phi) is 5.07. The van der Waals surface area contributed by atoms with Gasteiger partial charge in [-0.1, -0.05) is 48.0 Å². The Balaban J connectivity index is 2.25. The second-order valence-corrected chi connectivity index (χ2v) is 6.89. The molecular formula is C16H17NO4S. The Bertz CT molecular complexity index is 739. The minimum Gasteiger partial charge on any atom is -0.316 e. The van der Waals surface area contributed by atoms with Gasteiger partial charge in [0, 0.05) is 0 Å². The minimum atomic E-state index is -4.15. The highest BCUT2D eigenvalue weighted by molar-refractivity contribution is 8.06. The van der Waals surface area contributed by atoms with E-state index in [1.54, 1.807) is 36.4 Å². The van der Waals surface area contributed by atoms with Crippen LogP contribution in [0.25, 0.3) is 0 Å². The van der Waals surface area contributed by atoms with Gasteiger partial charge in [-0.15, -0.1) is 0 Å². The van der Waals surface area contributed by atoms with Crippen molar-refractivity contribution in [1.29, 1.82) is 0 Å². The third-order valence-electron chi connectivity index (χ3n) is 3.32. The molecule has 0 radical (unpaired) electrons. The van der Waals surface area contributed by atoms with E-state index in [1.807, 2.05) is 18.5 Å². The lowest BCUT2D eigenvalue weighted by atomic mass is 10.1. The molecule has 116 valence electrons. The number of benzene rings is 2. The van der Waals surface area contributed by atoms with Gasteiger partial charge in [0.05, 0.1) is 4.90 Å². The molecule has 0 aliphatic heterocycles. The zero-order valence-corrected chi connectivity index (χ0v) is 12.9. The maximum atomic E-state index is 12.3. The highest BCUT2D eigenvalue weighted by Gasteiger charge is 2.32. The molecular weight excluding hydrogens is 302 g/mol. The lowest BCUT2D eigenvalue weighted by Gasteiger charge is -2.14. The van der Waals surface area contributed by atoms with E-state index in [4.69, 9.17) is 0 Å². The van der Waals surface area contributed by atoms with Crippen LogP contribution in [0.4, 0.5) is 0 Å². The number of hydroxylamine groups is 1. The highest BCUT2D eigenvalue weighted by atomic mass is 32.2. The van der Waals surface area contributed by atoms with Crippen molar-refractivity contribution in [2.24, 2.45) is 0 Å². The highest BCUT2D eigenvalue weighted by Crippen LogP contribution is 2.16. The van der Waals surface area contributed by atoms with E-state index in [2.05, 4.69) is 0 Å².